The Kier molecular flexibility index (Phi) is 6.23. The number of urea groups is 1. The lowest BCUT2D eigenvalue weighted by Crippen LogP contribution is -2.48. The highest BCUT2D eigenvalue weighted by atomic mass is 16.2. The third kappa shape index (κ3) is 5.17. The summed E-state index contributed by atoms with van der Waals surface area (Å²) in [5.74, 6) is -0.0525. The standard InChI is InChI=1S/C22H27N5O2/c1-16(2)26(22(29)24-18-7-4-6-17(12-18)13-23)15-21(28)27(19-9-10-19)14-20-8-5-11-25(20)3/h4-8,11-12,16,19H,9-10,14-15H2,1-3H3,(H,24,29). The van der Waals surface area contributed by atoms with Gasteiger partial charge in [0.15, 0.2) is 0 Å². The van der Waals surface area contributed by atoms with Crippen LogP contribution in [0.15, 0.2) is 42.6 Å². The molecule has 1 aromatic heterocycles. The van der Waals surface area contributed by atoms with Crippen LogP contribution in [0.5, 0.6) is 0 Å². The molecule has 152 valence electrons. The molecule has 1 N–H and O–H groups in total. The lowest BCUT2D eigenvalue weighted by Gasteiger charge is -2.30. The lowest BCUT2D eigenvalue weighted by atomic mass is 10.2. The minimum absolute atomic E-state index is 0.0162. The second-order valence-corrected chi connectivity index (χ2v) is 7.71. The Morgan fingerprint density at radius 3 is 2.62 bits per heavy atom. The Hall–Kier alpha value is -3.27. The number of benzene rings is 1. The first-order valence-corrected chi connectivity index (χ1v) is 9.86. The molecule has 1 aliphatic carbocycles. The van der Waals surface area contributed by atoms with Crippen LogP contribution in [0.2, 0.25) is 0 Å². The number of hydrogen-bond acceptors (Lipinski definition) is 3. The summed E-state index contributed by atoms with van der Waals surface area (Å²) in [6.07, 6.45) is 3.98. The molecule has 2 aromatic rings. The van der Waals surface area contributed by atoms with Gasteiger partial charge < -0.3 is 19.7 Å². The van der Waals surface area contributed by atoms with E-state index in [2.05, 4.69) is 11.4 Å². The number of nitrogens with zero attached hydrogens (tertiary/aromatic N) is 4. The van der Waals surface area contributed by atoms with E-state index < -0.39 is 0 Å². The number of rotatable bonds is 7. The molecule has 0 saturated heterocycles. The number of aromatic nitrogens is 1. The van der Waals surface area contributed by atoms with Gasteiger partial charge in [-0.2, -0.15) is 5.26 Å². The number of carbonyl (C=O) groups excluding carboxylic acids is 2. The van der Waals surface area contributed by atoms with Gasteiger partial charge in [0.05, 0.1) is 18.2 Å². The van der Waals surface area contributed by atoms with Crippen LogP contribution in [0.1, 0.15) is 37.9 Å². The van der Waals surface area contributed by atoms with E-state index in [1.165, 1.54) is 4.90 Å². The van der Waals surface area contributed by atoms with E-state index in [1.54, 1.807) is 24.3 Å². The van der Waals surface area contributed by atoms with Crippen molar-refractivity contribution in [1.82, 2.24) is 14.4 Å². The van der Waals surface area contributed by atoms with Gasteiger partial charge in [-0.05, 0) is 57.0 Å². The summed E-state index contributed by atoms with van der Waals surface area (Å²) in [4.78, 5) is 29.3. The van der Waals surface area contributed by atoms with Gasteiger partial charge in [-0.15, -0.1) is 0 Å². The molecule has 1 aliphatic rings. The monoisotopic (exact) mass is 393 g/mol. The number of nitriles is 1. The molecule has 7 heteroatoms. The molecule has 0 unspecified atom stereocenters. The number of carbonyl (C=O) groups is 2. The maximum atomic E-state index is 13.1. The van der Waals surface area contributed by atoms with Crippen LogP contribution in [0.25, 0.3) is 0 Å². The summed E-state index contributed by atoms with van der Waals surface area (Å²) in [5.41, 5.74) is 2.08. The van der Waals surface area contributed by atoms with Crippen molar-refractivity contribution in [3.8, 4) is 6.07 Å². The maximum absolute atomic E-state index is 13.1. The molecule has 29 heavy (non-hydrogen) atoms. The summed E-state index contributed by atoms with van der Waals surface area (Å²) in [5, 5.41) is 11.8. The topological polar surface area (TPSA) is 81.4 Å². The molecular formula is C22H27N5O2. The first kappa shape index (κ1) is 20.5. The summed E-state index contributed by atoms with van der Waals surface area (Å²) in [6.45, 7) is 4.33. The van der Waals surface area contributed by atoms with Crippen LogP contribution in [-0.2, 0) is 18.4 Å². The van der Waals surface area contributed by atoms with Gasteiger partial charge in [0.25, 0.3) is 0 Å². The molecule has 0 aliphatic heterocycles. The normalized spacial score (nSPS) is 13.1. The van der Waals surface area contributed by atoms with Gasteiger partial charge in [-0.1, -0.05) is 6.07 Å². The van der Waals surface area contributed by atoms with Gasteiger partial charge in [0.1, 0.15) is 6.54 Å². The Labute approximate surface area is 171 Å². The van der Waals surface area contributed by atoms with E-state index in [-0.39, 0.29) is 30.6 Å². The number of aryl methyl sites for hydroxylation is 1. The number of hydrogen-bond donors (Lipinski definition) is 1. The minimum atomic E-state index is -0.349. The van der Waals surface area contributed by atoms with Crippen LogP contribution in [0, 0.1) is 11.3 Å². The van der Waals surface area contributed by atoms with Crippen LogP contribution < -0.4 is 5.32 Å². The molecule has 3 amide bonds. The van der Waals surface area contributed by atoms with Gasteiger partial charge >= 0.3 is 6.03 Å². The van der Waals surface area contributed by atoms with Crippen molar-refractivity contribution < 1.29 is 9.59 Å². The predicted octanol–water partition coefficient (Wildman–Crippen LogP) is 3.33. The van der Waals surface area contributed by atoms with E-state index in [0.717, 1.165) is 18.5 Å². The first-order chi connectivity index (χ1) is 13.9. The van der Waals surface area contributed by atoms with Crippen LogP contribution in [0.3, 0.4) is 0 Å². The first-order valence-electron chi connectivity index (χ1n) is 9.86. The van der Waals surface area contributed by atoms with Crippen molar-refractivity contribution in [2.75, 3.05) is 11.9 Å². The van der Waals surface area contributed by atoms with Gasteiger partial charge in [0, 0.05) is 36.7 Å². The molecule has 0 radical (unpaired) electrons. The summed E-state index contributed by atoms with van der Waals surface area (Å²) in [7, 11) is 1.97. The smallest absolute Gasteiger partial charge is 0.322 e. The average Bonchev–Trinajstić information content (AvgIpc) is 3.45. The SMILES string of the molecule is CC(C)N(CC(=O)N(Cc1cccn1C)C1CC1)C(=O)Nc1cccc(C#N)c1. The zero-order valence-electron chi connectivity index (χ0n) is 17.1. The fraction of sp³-hybridized carbons (Fsp3) is 0.409. The fourth-order valence-corrected chi connectivity index (χ4v) is 3.23. The number of nitrogens with one attached hydrogen (secondary N) is 1. The Bertz CT molecular complexity index is 923. The highest BCUT2D eigenvalue weighted by Gasteiger charge is 2.34. The van der Waals surface area contributed by atoms with Crippen molar-refractivity contribution >= 4 is 17.6 Å². The summed E-state index contributed by atoms with van der Waals surface area (Å²) in [6, 6.07) is 12.5. The van der Waals surface area contributed by atoms with Crippen LogP contribution in [0.4, 0.5) is 10.5 Å². The Morgan fingerprint density at radius 2 is 2.03 bits per heavy atom. The van der Waals surface area contributed by atoms with Crippen molar-refractivity contribution in [1.29, 1.82) is 5.26 Å². The Balaban J connectivity index is 1.69. The third-order valence-electron chi connectivity index (χ3n) is 5.12. The van der Waals surface area contributed by atoms with E-state index in [1.807, 2.05) is 48.7 Å². The fourth-order valence-electron chi connectivity index (χ4n) is 3.23. The molecule has 1 saturated carbocycles. The highest BCUT2D eigenvalue weighted by Crippen LogP contribution is 2.28. The molecular weight excluding hydrogens is 366 g/mol. The van der Waals surface area contributed by atoms with Crippen molar-refractivity contribution in [2.45, 2.75) is 45.3 Å². The lowest BCUT2D eigenvalue weighted by molar-refractivity contribution is -0.133. The molecule has 0 atom stereocenters. The minimum Gasteiger partial charge on any atom is -0.353 e. The van der Waals surface area contributed by atoms with Gasteiger partial charge in [-0.25, -0.2) is 4.79 Å². The van der Waals surface area contributed by atoms with Crippen LogP contribution in [-0.4, -0.2) is 44.9 Å². The third-order valence-corrected chi connectivity index (χ3v) is 5.12. The zero-order chi connectivity index (χ0) is 21.0. The zero-order valence-corrected chi connectivity index (χ0v) is 17.1. The van der Waals surface area contributed by atoms with E-state index in [9.17, 15) is 9.59 Å². The molecule has 1 fully saturated rings. The molecule has 3 rings (SSSR count). The van der Waals surface area contributed by atoms with Gasteiger partial charge in [0.2, 0.25) is 5.91 Å². The average molecular weight is 393 g/mol. The molecule has 0 bridgehead atoms. The van der Waals surface area contributed by atoms with Crippen molar-refractivity contribution in [3.63, 3.8) is 0 Å². The summed E-state index contributed by atoms with van der Waals surface area (Å²) >= 11 is 0. The molecule has 0 spiro atoms. The molecule has 1 aromatic carbocycles. The van der Waals surface area contributed by atoms with E-state index in [4.69, 9.17) is 5.26 Å². The number of anilines is 1. The van der Waals surface area contributed by atoms with Gasteiger partial charge in [-0.3, -0.25) is 4.79 Å². The van der Waals surface area contributed by atoms with E-state index in [0.29, 0.717) is 17.8 Å². The number of amides is 3. The van der Waals surface area contributed by atoms with Crippen LogP contribution >= 0.6 is 0 Å². The Morgan fingerprint density at radius 1 is 1.28 bits per heavy atom. The van der Waals surface area contributed by atoms with E-state index >= 15 is 0 Å². The molecule has 1 heterocycles. The summed E-state index contributed by atoms with van der Waals surface area (Å²) < 4.78 is 2.01. The maximum Gasteiger partial charge on any atom is 0.322 e. The van der Waals surface area contributed by atoms with Crippen molar-refractivity contribution in [3.05, 3.63) is 53.9 Å². The molecule has 7 nitrogen and oxygen atoms in total. The largest absolute Gasteiger partial charge is 0.353 e. The quantitative estimate of drug-likeness (QED) is 0.783. The highest BCUT2D eigenvalue weighted by molar-refractivity contribution is 5.92. The predicted molar refractivity (Wildman–Crippen MR) is 111 cm³/mol. The van der Waals surface area contributed by atoms with Crippen molar-refractivity contribution in [2.24, 2.45) is 7.05 Å². The second-order valence-electron chi connectivity index (χ2n) is 7.71. The second kappa shape index (κ2) is 8.82.